The van der Waals surface area contributed by atoms with Gasteiger partial charge in [-0.05, 0) is 45.7 Å². The van der Waals surface area contributed by atoms with Crippen molar-refractivity contribution in [1.82, 2.24) is 10.2 Å². The molecule has 1 amide bonds. The first-order chi connectivity index (χ1) is 9.65. The predicted octanol–water partition coefficient (Wildman–Crippen LogP) is 2.13. The van der Waals surface area contributed by atoms with Gasteiger partial charge in [0.25, 0.3) is 0 Å². The molecule has 0 spiro atoms. The average Bonchev–Trinajstić information content (AvgIpc) is 2.68. The highest BCUT2D eigenvalue weighted by Gasteiger charge is 2.24. The van der Waals surface area contributed by atoms with Gasteiger partial charge >= 0.3 is 0 Å². The van der Waals surface area contributed by atoms with Gasteiger partial charge in [0.05, 0.1) is 6.54 Å². The van der Waals surface area contributed by atoms with Crippen LogP contribution in [-0.4, -0.2) is 42.3 Å². The molecule has 0 bridgehead atoms. The Balaban J connectivity index is 1.68. The highest BCUT2D eigenvalue weighted by molar-refractivity contribution is 5.79. The molecule has 0 aromatic carbocycles. The van der Waals surface area contributed by atoms with Crippen molar-refractivity contribution in [2.45, 2.75) is 64.3 Å². The zero-order valence-corrected chi connectivity index (χ0v) is 12.7. The van der Waals surface area contributed by atoms with Crippen molar-refractivity contribution in [1.29, 1.82) is 0 Å². The van der Waals surface area contributed by atoms with Crippen LogP contribution in [0.2, 0.25) is 0 Å². The molecule has 2 aliphatic rings. The molecule has 1 heterocycles. The molecule has 114 valence electrons. The standard InChI is InChI=1S/C16H28N2O2/c1-13(19)14-8-10-18(11-9-14)12-16(20)17-15-6-4-2-3-5-7-15/h14-15H,2-12H2,1H3,(H,17,20). The molecular formula is C16H28N2O2. The molecule has 1 aliphatic heterocycles. The lowest BCUT2D eigenvalue weighted by atomic mass is 9.93. The number of hydrogen-bond donors (Lipinski definition) is 1. The summed E-state index contributed by atoms with van der Waals surface area (Å²) in [7, 11) is 0. The average molecular weight is 280 g/mol. The van der Waals surface area contributed by atoms with Crippen molar-refractivity contribution in [2.24, 2.45) is 5.92 Å². The van der Waals surface area contributed by atoms with E-state index < -0.39 is 0 Å². The maximum Gasteiger partial charge on any atom is 0.234 e. The second kappa shape index (κ2) is 7.77. The number of nitrogens with zero attached hydrogens (tertiary/aromatic N) is 1. The van der Waals surface area contributed by atoms with Crippen molar-refractivity contribution in [2.75, 3.05) is 19.6 Å². The lowest BCUT2D eigenvalue weighted by Crippen LogP contribution is -2.45. The van der Waals surface area contributed by atoms with E-state index >= 15 is 0 Å². The molecule has 20 heavy (non-hydrogen) atoms. The summed E-state index contributed by atoms with van der Waals surface area (Å²) < 4.78 is 0. The molecule has 1 saturated heterocycles. The monoisotopic (exact) mass is 280 g/mol. The first-order valence-electron chi connectivity index (χ1n) is 8.17. The molecule has 4 nitrogen and oxygen atoms in total. The smallest absolute Gasteiger partial charge is 0.234 e. The second-order valence-corrected chi connectivity index (χ2v) is 6.42. The SMILES string of the molecule is CC(=O)C1CCN(CC(=O)NC2CCCCCC2)CC1. The molecule has 2 fully saturated rings. The third-order valence-electron chi connectivity index (χ3n) is 4.75. The van der Waals surface area contributed by atoms with Gasteiger partial charge in [0.2, 0.25) is 5.91 Å². The van der Waals surface area contributed by atoms with E-state index in [4.69, 9.17) is 0 Å². The number of rotatable bonds is 4. The van der Waals surface area contributed by atoms with Crippen molar-refractivity contribution >= 4 is 11.7 Å². The highest BCUT2D eigenvalue weighted by Crippen LogP contribution is 2.19. The number of carbonyl (C=O) groups excluding carboxylic acids is 2. The number of piperidine rings is 1. The van der Waals surface area contributed by atoms with Crippen LogP contribution in [0, 0.1) is 5.92 Å². The zero-order valence-electron chi connectivity index (χ0n) is 12.7. The minimum Gasteiger partial charge on any atom is -0.352 e. The Morgan fingerprint density at radius 3 is 2.15 bits per heavy atom. The number of amides is 1. The summed E-state index contributed by atoms with van der Waals surface area (Å²) in [4.78, 5) is 25.6. The van der Waals surface area contributed by atoms with Crippen LogP contribution in [0.25, 0.3) is 0 Å². The first kappa shape index (κ1) is 15.5. The maximum absolute atomic E-state index is 12.1. The molecule has 0 atom stereocenters. The van der Waals surface area contributed by atoms with Gasteiger partial charge in [0.15, 0.2) is 0 Å². The number of carbonyl (C=O) groups is 2. The van der Waals surface area contributed by atoms with E-state index in [1.165, 1.54) is 25.7 Å². The van der Waals surface area contributed by atoms with Crippen LogP contribution in [0.15, 0.2) is 0 Å². The van der Waals surface area contributed by atoms with E-state index in [0.717, 1.165) is 38.8 Å². The number of Topliss-reactive ketones (excluding diaryl/α,β-unsaturated/α-hetero) is 1. The third kappa shape index (κ3) is 4.89. The van der Waals surface area contributed by atoms with Crippen LogP contribution in [0.3, 0.4) is 0 Å². The maximum atomic E-state index is 12.1. The van der Waals surface area contributed by atoms with E-state index in [0.29, 0.717) is 18.4 Å². The van der Waals surface area contributed by atoms with Crippen molar-refractivity contribution < 1.29 is 9.59 Å². The van der Waals surface area contributed by atoms with Crippen LogP contribution < -0.4 is 5.32 Å². The van der Waals surface area contributed by atoms with Gasteiger partial charge in [-0.15, -0.1) is 0 Å². The Kier molecular flexibility index (Phi) is 6.02. The van der Waals surface area contributed by atoms with Crippen molar-refractivity contribution in [3.63, 3.8) is 0 Å². The number of likely N-dealkylation sites (tertiary alicyclic amines) is 1. The van der Waals surface area contributed by atoms with Gasteiger partial charge in [-0.25, -0.2) is 0 Å². The summed E-state index contributed by atoms with van der Waals surface area (Å²) in [6.07, 6.45) is 9.20. The zero-order chi connectivity index (χ0) is 14.4. The van der Waals surface area contributed by atoms with Gasteiger partial charge < -0.3 is 5.32 Å². The van der Waals surface area contributed by atoms with Gasteiger partial charge in [-0.2, -0.15) is 0 Å². The predicted molar refractivity (Wildman–Crippen MR) is 79.5 cm³/mol. The molecule has 1 N–H and O–H groups in total. The minimum absolute atomic E-state index is 0.165. The molecule has 0 radical (unpaired) electrons. The quantitative estimate of drug-likeness (QED) is 0.803. The normalized spacial score (nSPS) is 23.2. The van der Waals surface area contributed by atoms with Crippen LogP contribution in [0.4, 0.5) is 0 Å². The molecule has 0 aromatic rings. The van der Waals surface area contributed by atoms with Crippen molar-refractivity contribution in [3.05, 3.63) is 0 Å². The van der Waals surface area contributed by atoms with Crippen molar-refractivity contribution in [3.8, 4) is 0 Å². The topological polar surface area (TPSA) is 49.4 Å². The van der Waals surface area contributed by atoms with E-state index in [1.807, 2.05) is 0 Å². The van der Waals surface area contributed by atoms with Crippen LogP contribution in [0.1, 0.15) is 58.3 Å². The molecule has 0 aromatic heterocycles. The fraction of sp³-hybridized carbons (Fsp3) is 0.875. The van der Waals surface area contributed by atoms with Gasteiger partial charge in [0.1, 0.15) is 5.78 Å². The number of ketones is 1. The summed E-state index contributed by atoms with van der Waals surface area (Å²) in [5.41, 5.74) is 0. The number of hydrogen-bond acceptors (Lipinski definition) is 3. The Labute approximate surface area is 122 Å². The lowest BCUT2D eigenvalue weighted by Gasteiger charge is -2.30. The summed E-state index contributed by atoms with van der Waals surface area (Å²) in [6, 6.07) is 0.389. The van der Waals surface area contributed by atoms with E-state index in [9.17, 15) is 9.59 Å². The van der Waals surface area contributed by atoms with E-state index in [1.54, 1.807) is 6.92 Å². The summed E-state index contributed by atoms with van der Waals surface area (Å²) in [6.45, 7) is 3.94. The fourth-order valence-electron chi connectivity index (χ4n) is 3.40. The van der Waals surface area contributed by atoms with E-state index in [2.05, 4.69) is 10.2 Å². The fourth-order valence-corrected chi connectivity index (χ4v) is 3.40. The third-order valence-corrected chi connectivity index (χ3v) is 4.75. The summed E-state index contributed by atoms with van der Waals surface area (Å²) in [5, 5.41) is 3.19. The Morgan fingerprint density at radius 1 is 1.00 bits per heavy atom. The summed E-state index contributed by atoms with van der Waals surface area (Å²) in [5.74, 6) is 0.682. The Morgan fingerprint density at radius 2 is 1.60 bits per heavy atom. The summed E-state index contributed by atoms with van der Waals surface area (Å²) >= 11 is 0. The van der Waals surface area contributed by atoms with Crippen LogP contribution in [0.5, 0.6) is 0 Å². The Bertz CT molecular complexity index is 327. The molecular weight excluding hydrogens is 252 g/mol. The number of nitrogens with one attached hydrogen (secondary N) is 1. The molecule has 1 saturated carbocycles. The first-order valence-corrected chi connectivity index (χ1v) is 8.17. The van der Waals surface area contributed by atoms with Gasteiger partial charge in [0, 0.05) is 12.0 Å². The van der Waals surface area contributed by atoms with E-state index in [-0.39, 0.29) is 11.8 Å². The van der Waals surface area contributed by atoms with Gasteiger partial charge in [-0.1, -0.05) is 25.7 Å². The molecule has 0 unspecified atom stereocenters. The lowest BCUT2D eigenvalue weighted by molar-refractivity contribution is -0.124. The molecule has 4 heteroatoms. The molecule has 2 rings (SSSR count). The highest BCUT2D eigenvalue weighted by atomic mass is 16.2. The largest absolute Gasteiger partial charge is 0.352 e. The van der Waals surface area contributed by atoms with Crippen LogP contribution in [-0.2, 0) is 9.59 Å². The molecule has 1 aliphatic carbocycles. The Hall–Kier alpha value is -0.900. The minimum atomic E-state index is 0.165. The van der Waals surface area contributed by atoms with Crippen LogP contribution >= 0.6 is 0 Å². The van der Waals surface area contributed by atoms with Gasteiger partial charge in [-0.3, -0.25) is 14.5 Å². The second-order valence-electron chi connectivity index (χ2n) is 6.42.